The van der Waals surface area contributed by atoms with Crippen LogP contribution in [0.25, 0.3) is 0 Å². The summed E-state index contributed by atoms with van der Waals surface area (Å²) in [6.45, 7) is 1.77. The molecule has 0 aliphatic heterocycles. The minimum absolute atomic E-state index is 0.0479. The highest BCUT2D eigenvalue weighted by molar-refractivity contribution is 5.94. The first kappa shape index (κ1) is 18.1. The number of halogens is 2. The van der Waals surface area contributed by atoms with Crippen molar-refractivity contribution in [2.24, 2.45) is 0 Å². The largest absolute Gasteiger partial charge is 0.477 e. The molecule has 0 saturated carbocycles. The number of terminal acetylenes is 1. The van der Waals surface area contributed by atoms with Gasteiger partial charge in [-0.05, 0) is 24.6 Å². The molecule has 130 valence electrons. The van der Waals surface area contributed by atoms with E-state index in [4.69, 9.17) is 11.2 Å². The van der Waals surface area contributed by atoms with E-state index in [1.807, 2.05) is 0 Å². The number of hydrogen-bond donors (Lipinski definition) is 1. The monoisotopic (exact) mass is 347 g/mol. The second-order valence-corrected chi connectivity index (χ2v) is 4.93. The normalized spacial score (nSPS) is 10.2. The molecule has 0 bridgehead atoms. The third-order valence-corrected chi connectivity index (χ3v) is 3.16. The van der Waals surface area contributed by atoms with Crippen LogP contribution in [0.15, 0.2) is 29.1 Å². The number of nitrogens with one attached hydrogen (secondary N) is 1. The van der Waals surface area contributed by atoms with E-state index < -0.39 is 23.1 Å². The molecule has 0 aliphatic carbocycles. The zero-order valence-corrected chi connectivity index (χ0v) is 13.4. The van der Waals surface area contributed by atoms with Crippen LogP contribution in [0.1, 0.15) is 22.8 Å². The van der Waals surface area contributed by atoms with Gasteiger partial charge in [0.15, 0.2) is 11.6 Å². The number of amides is 1. The molecular formula is C17H15F2N3O3. The molecule has 1 aromatic carbocycles. The summed E-state index contributed by atoms with van der Waals surface area (Å²) >= 11 is 0. The van der Waals surface area contributed by atoms with Crippen molar-refractivity contribution >= 4 is 5.91 Å². The fraction of sp³-hybridized carbons (Fsp3) is 0.235. The van der Waals surface area contributed by atoms with Crippen LogP contribution in [-0.2, 0) is 6.54 Å². The number of carbonyl (C=O) groups excluding carboxylic acids is 1. The number of hydrogen-bond acceptors (Lipinski definition) is 4. The lowest BCUT2D eigenvalue weighted by Gasteiger charge is -2.11. The van der Waals surface area contributed by atoms with Crippen LogP contribution in [-0.4, -0.2) is 28.8 Å². The predicted octanol–water partition coefficient (Wildman–Crippen LogP) is 1.33. The number of aromatic nitrogens is 2. The van der Waals surface area contributed by atoms with E-state index in [0.717, 1.165) is 16.8 Å². The molecule has 0 unspecified atom stereocenters. The van der Waals surface area contributed by atoms with Crippen LogP contribution in [0.5, 0.6) is 5.88 Å². The second-order valence-electron chi connectivity index (χ2n) is 4.93. The molecule has 0 fully saturated rings. The van der Waals surface area contributed by atoms with Crippen molar-refractivity contribution in [1.29, 1.82) is 0 Å². The molecule has 8 heteroatoms. The Morgan fingerprint density at radius 3 is 2.76 bits per heavy atom. The number of rotatable bonds is 6. The maximum absolute atomic E-state index is 13.3. The molecule has 2 aromatic rings. The highest BCUT2D eigenvalue weighted by Crippen LogP contribution is 2.11. The van der Waals surface area contributed by atoms with Gasteiger partial charge in [0.1, 0.15) is 5.56 Å². The lowest BCUT2D eigenvalue weighted by molar-refractivity contribution is 0.0955. The van der Waals surface area contributed by atoms with E-state index in [-0.39, 0.29) is 31.1 Å². The summed E-state index contributed by atoms with van der Waals surface area (Å²) in [5.41, 5.74) is -0.615. The van der Waals surface area contributed by atoms with Gasteiger partial charge >= 0.3 is 0 Å². The summed E-state index contributed by atoms with van der Waals surface area (Å²) in [5.74, 6) is -0.437. The Hall–Kier alpha value is -3.21. The first-order chi connectivity index (χ1) is 12.0. The van der Waals surface area contributed by atoms with E-state index in [0.29, 0.717) is 5.56 Å². The molecule has 2 rings (SSSR count). The van der Waals surface area contributed by atoms with Gasteiger partial charge in [-0.25, -0.2) is 13.5 Å². The zero-order chi connectivity index (χ0) is 18.4. The maximum atomic E-state index is 13.3. The number of ether oxygens (including phenoxy) is 1. The zero-order valence-electron chi connectivity index (χ0n) is 13.4. The SMILES string of the molecule is C#CCNC(=O)c1cc(OCC)nn(Cc2ccc(F)c(F)c2)c1=O. The van der Waals surface area contributed by atoms with E-state index in [9.17, 15) is 18.4 Å². The smallest absolute Gasteiger partial charge is 0.280 e. The molecule has 25 heavy (non-hydrogen) atoms. The molecule has 0 aliphatic rings. The van der Waals surface area contributed by atoms with Crippen molar-refractivity contribution in [2.75, 3.05) is 13.2 Å². The average molecular weight is 347 g/mol. The van der Waals surface area contributed by atoms with Crippen molar-refractivity contribution in [2.45, 2.75) is 13.5 Å². The van der Waals surface area contributed by atoms with E-state index in [1.165, 1.54) is 12.1 Å². The van der Waals surface area contributed by atoms with E-state index in [1.54, 1.807) is 6.92 Å². The molecule has 6 nitrogen and oxygen atoms in total. The van der Waals surface area contributed by atoms with Gasteiger partial charge in [-0.15, -0.1) is 11.5 Å². The summed E-state index contributed by atoms with van der Waals surface area (Å²) in [6.07, 6.45) is 5.08. The first-order valence-electron chi connectivity index (χ1n) is 7.36. The minimum atomic E-state index is -1.04. The molecule has 1 heterocycles. The van der Waals surface area contributed by atoms with Crippen molar-refractivity contribution in [1.82, 2.24) is 15.1 Å². The summed E-state index contributed by atoms with van der Waals surface area (Å²) in [7, 11) is 0. The van der Waals surface area contributed by atoms with Crippen LogP contribution in [0.2, 0.25) is 0 Å². The highest BCUT2D eigenvalue weighted by Gasteiger charge is 2.16. The Bertz CT molecular complexity index is 888. The topological polar surface area (TPSA) is 73.2 Å². The highest BCUT2D eigenvalue weighted by atomic mass is 19.2. The summed E-state index contributed by atoms with van der Waals surface area (Å²) in [6, 6.07) is 4.43. The van der Waals surface area contributed by atoms with Gasteiger partial charge in [-0.1, -0.05) is 12.0 Å². The average Bonchev–Trinajstić information content (AvgIpc) is 2.59. The third-order valence-electron chi connectivity index (χ3n) is 3.16. The fourth-order valence-corrected chi connectivity index (χ4v) is 2.04. The van der Waals surface area contributed by atoms with E-state index >= 15 is 0 Å². The van der Waals surface area contributed by atoms with Gasteiger partial charge in [0.05, 0.1) is 19.7 Å². The van der Waals surface area contributed by atoms with Gasteiger partial charge in [0.25, 0.3) is 11.5 Å². The lowest BCUT2D eigenvalue weighted by Crippen LogP contribution is -2.34. The number of carbonyl (C=O) groups is 1. The summed E-state index contributed by atoms with van der Waals surface area (Å²) in [4.78, 5) is 24.5. The Balaban J connectivity index is 2.43. The van der Waals surface area contributed by atoms with Gasteiger partial charge in [0, 0.05) is 6.07 Å². The Labute approximate surface area is 142 Å². The van der Waals surface area contributed by atoms with E-state index in [2.05, 4.69) is 16.3 Å². The molecule has 1 amide bonds. The second kappa shape index (κ2) is 8.06. The van der Waals surface area contributed by atoms with Gasteiger partial charge in [0.2, 0.25) is 5.88 Å². The molecule has 1 N–H and O–H groups in total. The number of nitrogens with zero attached hydrogens (tertiary/aromatic N) is 2. The predicted molar refractivity (Wildman–Crippen MR) is 86.3 cm³/mol. The Morgan fingerprint density at radius 1 is 1.36 bits per heavy atom. The lowest BCUT2D eigenvalue weighted by atomic mass is 10.2. The van der Waals surface area contributed by atoms with Crippen molar-refractivity contribution in [3.8, 4) is 18.2 Å². The molecule has 0 radical (unpaired) electrons. The molecular weight excluding hydrogens is 332 g/mol. The van der Waals surface area contributed by atoms with Crippen LogP contribution < -0.4 is 15.6 Å². The minimum Gasteiger partial charge on any atom is -0.477 e. The standard InChI is InChI=1S/C17H15F2N3O3/c1-3-7-20-16(23)12-9-15(25-4-2)21-22(17(12)24)10-11-5-6-13(18)14(19)8-11/h1,5-6,8-9H,4,7,10H2,2H3,(H,20,23). The van der Waals surface area contributed by atoms with Crippen molar-refractivity contribution in [3.63, 3.8) is 0 Å². The number of benzene rings is 1. The first-order valence-corrected chi connectivity index (χ1v) is 7.36. The maximum Gasteiger partial charge on any atom is 0.280 e. The van der Waals surface area contributed by atoms with Crippen molar-refractivity contribution < 1.29 is 18.3 Å². The molecule has 1 aromatic heterocycles. The van der Waals surface area contributed by atoms with Crippen molar-refractivity contribution in [3.05, 3.63) is 57.4 Å². The van der Waals surface area contributed by atoms with Gasteiger partial charge in [-0.2, -0.15) is 0 Å². The third kappa shape index (κ3) is 4.41. The molecule has 0 atom stereocenters. The Morgan fingerprint density at radius 2 is 2.12 bits per heavy atom. The fourth-order valence-electron chi connectivity index (χ4n) is 2.04. The molecule has 0 saturated heterocycles. The van der Waals surface area contributed by atoms with Crippen LogP contribution in [0.4, 0.5) is 8.78 Å². The van der Waals surface area contributed by atoms with Crippen LogP contribution in [0, 0.1) is 24.0 Å². The van der Waals surface area contributed by atoms with Crippen LogP contribution in [0.3, 0.4) is 0 Å². The Kier molecular flexibility index (Phi) is 5.84. The van der Waals surface area contributed by atoms with Gasteiger partial charge < -0.3 is 10.1 Å². The quantitative estimate of drug-likeness (QED) is 0.800. The summed E-state index contributed by atoms with van der Waals surface area (Å²) in [5, 5.41) is 6.36. The van der Waals surface area contributed by atoms with Gasteiger partial charge in [-0.3, -0.25) is 9.59 Å². The molecule has 0 spiro atoms. The van der Waals surface area contributed by atoms with Crippen LogP contribution >= 0.6 is 0 Å². The summed E-state index contributed by atoms with van der Waals surface area (Å²) < 4.78 is 32.6.